The number of rotatable bonds is 5. The van der Waals surface area contributed by atoms with Crippen molar-refractivity contribution in [1.29, 1.82) is 0 Å². The Kier molecular flexibility index (Phi) is 7.64. The van der Waals surface area contributed by atoms with Gasteiger partial charge >= 0.3 is 18.3 Å². The largest absolute Gasteiger partial charge is 0.490 e. The van der Waals surface area contributed by atoms with Crippen LogP contribution < -0.4 is 10.0 Å². The van der Waals surface area contributed by atoms with E-state index in [1.54, 1.807) is 31.3 Å². The Morgan fingerprint density at radius 2 is 1.61 bits per heavy atom. The molecule has 3 aromatic rings. The number of aromatic amines is 1. The van der Waals surface area contributed by atoms with Gasteiger partial charge in [0.1, 0.15) is 4.90 Å². The highest BCUT2D eigenvalue weighted by atomic mass is 32.2. The van der Waals surface area contributed by atoms with E-state index in [1.165, 1.54) is 6.20 Å². The highest BCUT2D eigenvalue weighted by molar-refractivity contribution is 7.93. The smallest absolute Gasteiger partial charge is 0.475 e. The van der Waals surface area contributed by atoms with Gasteiger partial charge in [-0.25, -0.2) is 13.2 Å². The number of alkyl halides is 6. The standard InChI is InChI=1S/C17H16F3N3O2S.C2HF3O2/c1-21-9-11-2-5-13(6-3-11)23-26(24,25)16-10-22-15-8-12(17(18,19)20)4-7-14(15)16;3-2(4,5)1(6)7/h2-8,10,21-23H,9H2,1H3;(H,6,7). The summed E-state index contributed by atoms with van der Waals surface area (Å²) in [5.74, 6) is -2.76. The zero-order valence-electron chi connectivity index (χ0n) is 16.7. The minimum absolute atomic E-state index is 0.101. The fraction of sp³-hybridized carbons (Fsp3) is 0.211. The molecule has 0 aliphatic carbocycles. The van der Waals surface area contributed by atoms with Crippen LogP contribution in [0, 0.1) is 0 Å². The fourth-order valence-corrected chi connectivity index (χ4v) is 3.84. The minimum Gasteiger partial charge on any atom is -0.475 e. The van der Waals surface area contributed by atoms with Crippen molar-refractivity contribution < 1.29 is 44.7 Å². The minimum atomic E-state index is -5.08. The van der Waals surface area contributed by atoms with E-state index >= 15 is 0 Å². The van der Waals surface area contributed by atoms with Crippen molar-refractivity contribution in [3.05, 3.63) is 59.8 Å². The average molecular weight is 497 g/mol. The summed E-state index contributed by atoms with van der Waals surface area (Å²) in [4.78, 5) is 11.4. The van der Waals surface area contributed by atoms with E-state index in [-0.39, 0.29) is 15.8 Å². The summed E-state index contributed by atoms with van der Waals surface area (Å²) in [5.41, 5.74) is 0.613. The van der Waals surface area contributed by atoms with Crippen LogP contribution in [0.25, 0.3) is 10.9 Å². The Morgan fingerprint density at radius 1 is 1.03 bits per heavy atom. The molecule has 14 heteroatoms. The number of sulfonamides is 1. The fourth-order valence-electron chi connectivity index (χ4n) is 2.60. The first kappa shape index (κ1) is 26.0. The van der Waals surface area contributed by atoms with Crippen LogP contribution in [0.4, 0.5) is 32.0 Å². The van der Waals surface area contributed by atoms with Gasteiger partial charge in [0.25, 0.3) is 10.0 Å². The van der Waals surface area contributed by atoms with Crippen LogP contribution in [0.1, 0.15) is 11.1 Å². The van der Waals surface area contributed by atoms with E-state index in [9.17, 15) is 34.8 Å². The summed E-state index contributed by atoms with van der Waals surface area (Å²) in [6.45, 7) is 0.650. The molecule has 0 saturated heterocycles. The highest BCUT2D eigenvalue weighted by Crippen LogP contribution is 2.33. The first-order valence-corrected chi connectivity index (χ1v) is 10.4. The molecule has 0 atom stereocenters. The summed E-state index contributed by atoms with van der Waals surface area (Å²) < 4.78 is 97.7. The molecule has 33 heavy (non-hydrogen) atoms. The van der Waals surface area contributed by atoms with Crippen LogP contribution in [0.5, 0.6) is 0 Å². The van der Waals surface area contributed by atoms with E-state index in [4.69, 9.17) is 9.90 Å². The van der Waals surface area contributed by atoms with E-state index in [2.05, 4.69) is 15.0 Å². The topological polar surface area (TPSA) is 111 Å². The number of carbonyl (C=O) groups is 1. The molecule has 4 N–H and O–H groups in total. The van der Waals surface area contributed by atoms with Crippen LogP contribution >= 0.6 is 0 Å². The lowest BCUT2D eigenvalue weighted by atomic mass is 10.1. The molecule has 0 radical (unpaired) electrons. The van der Waals surface area contributed by atoms with Gasteiger partial charge in [-0.1, -0.05) is 18.2 Å². The Bertz CT molecular complexity index is 1220. The third-order valence-electron chi connectivity index (χ3n) is 4.09. The molecule has 0 aliphatic heterocycles. The van der Waals surface area contributed by atoms with Gasteiger partial charge in [-0.15, -0.1) is 0 Å². The number of aliphatic carboxylic acids is 1. The Labute approximate surface area is 183 Å². The van der Waals surface area contributed by atoms with Crippen molar-refractivity contribution in [2.24, 2.45) is 0 Å². The molecule has 0 fully saturated rings. The molecular weight excluding hydrogens is 480 g/mol. The zero-order chi connectivity index (χ0) is 25.0. The quantitative estimate of drug-likeness (QED) is 0.392. The van der Waals surface area contributed by atoms with Gasteiger partial charge in [-0.05, 0) is 36.9 Å². The second-order valence-electron chi connectivity index (χ2n) is 6.55. The predicted octanol–water partition coefficient (Wildman–Crippen LogP) is 4.34. The summed E-state index contributed by atoms with van der Waals surface area (Å²) in [6, 6.07) is 9.71. The van der Waals surface area contributed by atoms with Gasteiger partial charge in [0.15, 0.2) is 0 Å². The number of benzene rings is 2. The number of anilines is 1. The number of aromatic nitrogens is 1. The van der Waals surface area contributed by atoms with Crippen molar-refractivity contribution >= 4 is 32.6 Å². The lowest BCUT2D eigenvalue weighted by molar-refractivity contribution is -0.192. The van der Waals surface area contributed by atoms with Gasteiger partial charge in [-0.3, -0.25) is 4.72 Å². The molecule has 3 rings (SSSR count). The predicted molar refractivity (Wildman–Crippen MR) is 107 cm³/mol. The number of hydrogen-bond acceptors (Lipinski definition) is 4. The Balaban J connectivity index is 0.000000479. The molecule has 2 aromatic carbocycles. The van der Waals surface area contributed by atoms with Gasteiger partial charge in [0, 0.05) is 29.3 Å². The molecule has 1 heterocycles. The van der Waals surface area contributed by atoms with Gasteiger partial charge in [-0.2, -0.15) is 26.3 Å². The second-order valence-corrected chi connectivity index (χ2v) is 8.20. The Morgan fingerprint density at radius 3 is 2.09 bits per heavy atom. The van der Waals surface area contributed by atoms with Crippen molar-refractivity contribution in [3.8, 4) is 0 Å². The number of fused-ring (bicyclic) bond motifs is 1. The summed E-state index contributed by atoms with van der Waals surface area (Å²) in [6.07, 6.45) is -8.39. The lowest BCUT2D eigenvalue weighted by Crippen LogP contribution is -2.21. The number of carboxylic acids is 1. The SMILES string of the molecule is CNCc1ccc(NS(=O)(=O)c2c[nH]c3cc(C(F)(F)F)ccc23)cc1.O=C(O)C(F)(F)F. The first-order chi connectivity index (χ1) is 15.1. The summed E-state index contributed by atoms with van der Waals surface area (Å²) >= 11 is 0. The van der Waals surface area contributed by atoms with Gasteiger partial charge < -0.3 is 15.4 Å². The molecule has 0 spiro atoms. The van der Waals surface area contributed by atoms with Crippen LogP contribution in [-0.2, 0) is 27.5 Å². The summed E-state index contributed by atoms with van der Waals surface area (Å²) in [5, 5.41) is 10.3. The lowest BCUT2D eigenvalue weighted by Gasteiger charge is -2.09. The first-order valence-electron chi connectivity index (χ1n) is 8.90. The third kappa shape index (κ3) is 6.86. The van der Waals surface area contributed by atoms with Crippen molar-refractivity contribution in [2.45, 2.75) is 23.8 Å². The molecule has 0 aliphatic rings. The molecular formula is C19H17F6N3O4S. The van der Waals surface area contributed by atoms with Crippen molar-refractivity contribution in [3.63, 3.8) is 0 Å². The maximum Gasteiger partial charge on any atom is 0.490 e. The van der Waals surface area contributed by atoms with Crippen molar-refractivity contribution in [2.75, 3.05) is 11.8 Å². The van der Waals surface area contributed by atoms with Gasteiger partial charge in [0.05, 0.1) is 5.56 Å². The second kappa shape index (κ2) is 9.70. The van der Waals surface area contributed by atoms with Crippen molar-refractivity contribution in [1.82, 2.24) is 10.3 Å². The maximum atomic E-state index is 12.8. The number of hydrogen-bond donors (Lipinski definition) is 4. The molecule has 180 valence electrons. The molecule has 0 amide bonds. The molecule has 7 nitrogen and oxygen atoms in total. The molecule has 1 aromatic heterocycles. The van der Waals surface area contributed by atoms with Crippen LogP contribution in [0.3, 0.4) is 0 Å². The number of carboxylic acid groups (broad SMARTS) is 1. The Hall–Kier alpha value is -3.26. The molecule has 0 saturated carbocycles. The highest BCUT2D eigenvalue weighted by Gasteiger charge is 2.38. The normalized spacial score (nSPS) is 12.2. The van der Waals surface area contributed by atoms with E-state index in [0.29, 0.717) is 12.2 Å². The monoisotopic (exact) mass is 497 g/mol. The van der Waals surface area contributed by atoms with Gasteiger partial charge in [0.2, 0.25) is 0 Å². The van der Waals surface area contributed by atoms with E-state index < -0.39 is 33.9 Å². The third-order valence-corrected chi connectivity index (χ3v) is 5.51. The van der Waals surface area contributed by atoms with Crippen LogP contribution in [0.15, 0.2) is 53.6 Å². The van der Waals surface area contributed by atoms with E-state index in [0.717, 1.165) is 23.8 Å². The zero-order valence-corrected chi connectivity index (χ0v) is 17.5. The average Bonchev–Trinajstić information content (AvgIpc) is 3.13. The van der Waals surface area contributed by atoms with E-state index in [1.807, 2.05) is 0 Å². The molecule has 0 bridgehead atoms. The molecule has 0 unspecified atom stereocenters. The van der Waals surface area contributed by atoms with Crippen LogP contribution in [0.2, 0.25) is 0 Å². The maximum absolute atomic E-state index is 12.8. The summed E-state index contributed by atoms with van der Waals surface area (Å²) in [7, 11) is -2.14. The number of halogens is 6. The van der Waals surface area contributed by atoms with Crippen LogP contribution in [-0.4, -0.2) is 37.7 Å². The number of nitrogens with one attached hydrogen (secondary N) is 3. The number of H-pyrrole nitrogens is 1.